The molecule has 0 radical (unpaired) electrons. The van der Waals surface area contributed by atoms with Crippen LogP contribution in [-0.2, 0) is 66.1 Å². The Morgan fingerprint density at radius 2 is 0.646 bits per heavy atom. The number of carboxylic acids is 2. The molecule has 0 spiro atoms. The van der Waals surface area contributed by atoms with Gasteiger partial charge in [-0.3, -0.25) is 14.4 Å². The highest BCUT2D eigenvalue weighted by atomic mass is 32.2. The molecule has 3 rings (SSSR count). The molecule has 3 aromatic rings. The topological polar surface area (TPSA) is 141 Å². The van der Waals surface area contributed by atoms with Gasteiger partial charge in [-0.05, 0) is 121 Å². The molecule has 82 heavy (non-hydrogen) atoms. The van der Waals surface area contributed by atoms with Crippen molar-refractivity contribution in [3.8, 4) is 17.2 Å². The molecule has 0 heterocycles. The lowest BCUT2D eigenvalue weighted by Gasteiger charge is -2.31. The van der Waals surface area contributed by atoms with Crippen LogP contribution in [0, 0.1) is 17.8 Å². The molecule has 3 aromatic carbocycles. The minimum atomic E-state index is -0.874. The number of ether oxygens (including phenoxy) is 1. The summed E-state index contributed by atoms with van der Waals surface area (Å²) in [6.07, 6.45) is 23.1. The number of thioether (sulfide) groups is 1. The summed E-state index contributed by atoms with van der Waals surface area (Å²) < 4.78 is 6.82. The van der Waals surface area contributed by atoms with E-state index < -0.39 is 40.5 Å². The lowest BCUT2D eigenvalue weighted by molar-refractivity contribution is -0.142. The van der Waals surface area contributed by atoms with Gasteiger partial charge in [0.05, 0.1) is 17.8 Å². The fourth-order valence-electron chi connectivity index (χ4n) is 11.4. The van der Waals surface area contributed by atoms with Crippen LogP contribution in [0.15, 0.2) is 36.4 Å². The highest BCUT2D eigenvalue weighted by Crippen LogP contribution is 2.45. The van der Waals surface area contributed by atoms with Crippen LogP contribution in [0.5, 0.6) is 17.2 Å². The van der Waals surface area contributed by atoms with E-state index in [0.717, 1.165) is 69.3 Å². The summed E-state index contributed by atoms with van der Waals surface area (Å²) in [6, 6.07) is 12.2. The molecule has 0 aromatic heterocycles. The summed E-state index contributed by atoms with van der Waals surface area (Å²) in [5.74, 6) is -1.42. The highest BCUT2D eigenvalue weighted by Gasteiger charge is 2.34. The number of phenols is 2. The number of esters is 1. The number of carbonyl (C=O) groups excluding carboxylic acids is 1. The number of carboxylic acid groups (broad SMARTS) is 2. The summed E-state index contributed by atoms with van der Waals surface area (Å²) in [7, 11) is 0. The number of aromatic hydroxyl groups is 2. The quantitative estimate of drug-likeness (QED) is 0.0266. The Hall–Kier alpha value is -3.98. The first kappa shape index (κ1) is 72.3. The fraction of sp³-hybridized carbons (Fsp3) is 0.712. The van der Waals surface area contributed by atoms with Crippen LogP contribution < -0.4 is 4.74 Å². The number of hydrogen-bond donors (Lipinski definition) is 4. The Bertz CT molecular complexity index is 2370. The molecule has 0 saturated carbocycles. The van der Waals surface area contributed by atoms with Crippen molar-refractivity contribution in [2.45, 2.75) is 305 Å². The molecule has 0 saturated heterocycles. The van der Waals surface area contributed by atoms with Crippen molar-refractivity contribution in [1.82, 2.24) is 0 Å². The first-order chi connectivity index (χ1) is 37.9. The first-order valence-electron chi connectivity index (χ1n) is 32.0. The van der Waals surface area contributed by atoms with Crippen molar-refractivity contribution in [2.75, 3.05) is 11.5 Å². The van der Waals surface area contributed by atoms with Gasteiger partial charge in [0.2, 0.25) is 0 Å². The molecule has 8 nitrogen and oxygen atoms in total. The first-order valence-corrected chi connectivity index (χ1v) is 33.2. The van der Waals surface area contributed by atoms with Crippen molar-refractivity contribution in [3.63, 3.8) is 0 Å². The average Bonchev–Trinajstić information content (AvgIpc) is 3.29. The third-order valence-corrected chi connectivity index (χ3v) is 17.7. The summed E-state index contributed by atoms with van der Waals surface area (Å²) in [4.78, 5) is 40.8. The minimum Gasteiger partial charge on any atom is -0.507 e. The zero-order valence-corrected chi connectivity index (χ0v) is 56.3. The van der Waals surface area contributed by atoms with E-state index in [0.29, 0.717) is 61.5 Å². The Labute approximate surface area is 505 Å². The molecule has 0 aliphatic carbocycles. The van der Waals surface area contributed by atoms with E-state index in [1.54, 1.807) is 11.8 Å². The van der Waals surface area contributed by atoms with Crippen LogP contribution >= 0.6 is 11.8 Å². The smallest absolute Gasteiger partial charge is 0.314 e. The van der Waals surface area contributed by atoms with Gasteiger partial charge in [-0.2, -0.15) is 11.8 Å². The van der Waals surface area contributed by atoms with Crippen LogP contribution in [0.1, 0.15) is 304 Å². The number of carbonyl (C=O) groups is 3. The van der Waals surface area contributed by atoms with E-state index >= 15 is 4.79 Å². The van der Waals surface area contributed by atoms with Gasteiger partial charge in [-0.15, -0.1) is 0 Å². The Balaban J connectivity index is 1.85. The molecular formula is C73H118O8S. The molecule has 3 atom stereocenters. The predicted molar refractivity (Wildman–Crippen MR) is 348 cm³/mol. The number of benzene rings is 3. The third-order valence-electron chi connectivity index (χ3n) is 16.6. The van der Waals surface area contributed by atoms with E-state index in [-0.39, 0.29) is 33.4 Å². The fourth-order valence-corrected chi connectivity index (χ4v) is 12.5. The Morgan fingerprint density at radius 1 is 0.390 bits per heavy atom. The van der Waals surface area contributed by atoms with Gasteiger partial charge >= 0.3 is 17.9 Å². The maximum atomic E-state index is 15.1. The monoisotopic (exact) mass is 1150 g/mol. The van der Waals surface area contributed by atoms with E-state index in [9.17, 15) is 30.0 Å². The largest absolute Gasteiger partial charge is 0.507 e. The Kier molecular flexibility index (Phi) is 28.2. The Morgan fingerprint density at radius 3 is 0.915 bits per heavy atom. The van der Waals surface area contributed by atoms with E-state index in [1.807, 2.05) is 12.1 Å². The van der Waals surface area contributed by atoms with Crippen LogP contribution in [0.2, 0.25) is 0 Å². The lowest BCUT2D eigenvalue weighted by atomic mass is 9.77. The van der Waals surface area contributed by atoms with Gasteiger partial charge in [0, 0.05) is 11.1 Å². The maximum Gasteiger partial charge on any atom is 0.314 e. The summed E-state index contributed by atoms with van der Waals surface area (Å²) in [6.45, 7) is 40.0. The van der Waals surface area contributed by atoms with Crippen molar-refractivity contribution in [2.24, 2.45) is 17.8 Å². The number of hydrogen-bond acceptors (Lipinski definition) is 7. The molecule has 3 unspecified atom stereocenters. The summed E-state index contributed by atoms with van der Waals surface area (Å²) in [5.41, 5.74) is 5.72. The van der Waals surface area contributed by atoms with Gasteiger partial charge < -0.3 is 25.2 Å². The second-order valence-electron chi connectivity index (χ2n) is 30.7. The SMILES string of the molecule is CCCCCCCCCCCCCCCCCCC(Cc1cc(C(C)(C)C)c(O)c(C(C)(C)C)c1)C(=O)Oc1c(C(C)(C)C)cc(CC(CCSCCC(Cc2cc(C(C)(C)C)c(O)c(C(C)(C)C)c2)C(=O)O)C(=O)O)cc1C(C)(C)C. The molecular weight excluding hydrogens is 1040 g/mol. The van der Waals surface area contributed by atoms with Crippen molar-refractivity contribution in [3.05, 3.63) is 86.5 Å². The predicted octanol–water partition coefficient (Wildman–Crippen LogP) is 20.0. The molecule has 0 bridgehead atoms. The molecule has 0 aliphatic rings. The lowest BCUT2D eigenvalue weighted by Crippen LogP contribution is -2.28. The summed E-state index contributed by atoms with van der Waals surface area (Å²) >= 11 is 1.59. The van der Waals surface area contributed by atoms with E-state index in [4.69, 9.17) is 4.74 Å². The molecule has 9 heteroatoms. The number of rotatable bonds is 33. The van der Waals surface area contributed by atoms with Crippen LogP contribution in [0.3, 0.4) is 0 Å². The van der Waals surface area contributed by atoms with E-state index in [1.165, 1.54) is 83.5 Å². The molecule has 0 fully saturated rings. The van der Waals surface area contributed by atoms with Gasteiger partial charge in [0.25, 0.3) is 0 Å². The standard InChI is InChI=1S/C73H118O8S/c1-20-21-22-23-24-25-26-27-28-29-30-31-32-33-34-35-36-55(43-52-46-58(70(8,9)10)63(75)59(47-52)71(11,12)13)67(80)81-64-60(72(14,15)16)48-51(49-61(64)73(17,18)19)42-54(66(78)79)38-40-82-39-37-53(65(76)77)41-50-44-56(68(2,3)4)62(74)57(45-50)69(5,6)7/h44-49,53-55,74-75H,20-43H2,1-19H3,(H,76,77)(H,78,79). The van der Waals surface area contributed by atoms with Crippen molar-refractivity contribution < 1.29 is 39.5 Å². The number of phenolic OH excluding ortho intramolecular Hbond substituents is 2. The normalized spacial score (nSPS) is 14.0. The van der Waals surface area contributed by atoms with Gasteiger partial charge in [-0.25, -0.2) is 0 Å². The molecule has 464 valence electrons. The van der Waals surface area contributed by atoms with Gasteiger partial charge in [-0.1, -0.05) is 271 Å². The average molecular weight is 1160 g/mol. The molecule has 0 aliphatic heterocycles. The third kappa shape index (κ3) is 23.8. The van der Waals surface area contributed by atoms with Crippen LogP contribution in [-0.4, -0.2) is 49.8 Å². The summed E-state index contributed by atoms with van der Waals surface area (Å²) in [5, 5.41) is 43.9. The second-order valence-corrected chi connectivity index (χ2v) is 31.9. The molecule has 4 N–H and O–H groups in total. The van der Waals surface area contributed by atoms with Crippen LogP contribution in [0.25, 0.3) is 0 Å². The zero-order chi connectivity index (χ0) is 62.0. The minimum absolute atomic E-state index is 0.259. The molecule has 0 amide bonds. The van der Waals surface area contributed by atoms with Gasteiger partial charge in [0.1, 0.15) is 17.2 Å². The van der Waals surface area contributed by atoms with Gasteiger partial charge in [0.15, 0.2) is 0 Å². The van der Waals surface area contributed by atoms with Crippen molar-refractivity contribution >= 4 is 29.7 Å². The number of unbranched alkanes of at least 4 members (excludes halogenated alkanes) is 15. The number of aliphatic carboxylic acids is 2. The second kappa shape index (κ2) is 32.0. The van der Waals surface area contributed by atoms with E-state index in [2.05, 4.69) is 156 Å². The van der Waals surface area contributed by atoms with Crippen molar-refractivity contribution in [1.29, 1.82) is 0 Å². The zero-order valence-electron chi connectivity index (χ0n) is 55.5. The maximum absolute atomic E-state index is 15.1. The highest BCUT2D eigenvalue weighted by molar-refractivity contribution is 7.99. The van der Waals surface area contributed by atoms with Crippen LogP contribution in [0.4, 0.5) is 0 Å².